The molecule has 1 aliphatic rings. The van der Waals surface area contributed by atoms with Gasteiger partial charge in [0.25, 0.3) is 0 Å². The van der Waals surface area contributed by atoms with Gasteiger partial charge in [0.05, 0.1) is 18.2 Å². The van der Waals surface area contributed by atoms with Crippen LogP contribution in [-0.4, -0.2) is 14.9 Å². The summed E-state index contributed by atoms with van der Waals surface area (Å²) in [5.74, 6) is 0. The highest BCUT2D eigenvalue weighted by Crippen LogP contribution is 2.34. The fraction of sp³-hybridized carbons (Fsp3) is 0.500. The SMILES string of the molecule is N#Cc1cn(C2CC2)nc1CO. The lowest BCUT2D eigenvalue weighted by molar-refractivity contribution is 0.275. The van der Waals surface area contributed by atoms with Crippen molar-refractivity contribution in [3.63, 3.8) is 0 Å². The molecule has 1 aromatic heterocycles. The molecule has 0 spiro atoms. The maximum Gasteiger partial charge on any atom is 0.106 e. The van der Waals surface area contributed by atoms with E-state index in [-0.39, 0.29) is 6.61 Å². The Labute approximate surface area is 70.0 Å². The lowest BCUT2D eigenvalue weighted by Gasteiger charge is -1.92. The van der Waals surface area contributed by atoms with Gasteiger partial charge in [0.2, 0.25) is 0 Å². The van der Waals surface area contributed by atoms with E-state index in [2.05, 4.69) is 5.10 Å². The smallest absolute Gasteiger partial charge is 0.106 e. The molecule has 4 heteroatoms. The van der Waals surface area contributed by atoms with E-state index in [1.807, 2.05) is 6.07 Å². The first-order valence-corrected chi connectivity index (χ1v) is 3.94. The quantitative estimate of drug-likeness (QED) is 0.693. The highest BCUT2D eigenvalue weighted by atomic mass is 16.3. The second-order valence-electron chi connectivity index (χ2n) is 2.97. The molecule has 4 nitrogen and oxygen atoms in total. The van der Waals surface area contributed by atoms with Gasteiger partial charge >= 0.3 is 0 Å². The molecule has 1 saturated carbocycles. The highest BCUT2D eigenvalue weighted by Gasteiger charge is 2.25. The summed E-state index contributed by atoms with van der Waals surface area (Å²) in [5, 5.41) is 21.6. The van der Waals surface area contributed by atoms with E-state index >= 15 is 0 Å². The van der Waals surface area contributed by atoms with Crippen LogP contribution in [0, 0.1) is 11.3 Å². The molecule has 0 atom stereocenters. The topological polar surface area (TPSA) is 61.8 Å². The van der Waals surface area contributed by atoms with E-state index in [4.69, 9.17) is 10.4 Å². The zero-order chi connectivity index (χ0) is 8.55. The number of aromatic nitrogens is 2. The number of hydrogen-bond donors (Lipinski definition) is 1. The molecule has 1 N–H and O–H groups in total. The summed E-state index contributed by atoms with van der Waals surface area (Å²) in [7, 11) is 0. The van der Waals surface area contributed by atoms with Gasteiger partial charge in [0.1, 0.15) is 11.8 Å². The average molecular weight is 163 g/mol. The summed E-state index contributed by atoms with van der Waals surface area (Å²) in [6, 6.07) is 2.48. The fourth-order valence-corrected chi connectivity index (χ4v) is 1.17. The van der Waals surface area contributed by atoms with E-state index in [1.165, 1.54) is 0 Å². The number of hydrogen-bond acceptors (Lipinski definition) is 3. The minimum Gasteiger partial charge on any atom is -0.390 e. The van der Waals surface area contributed by atoms with Crippen LogP contribution in [0.4, 0.5) is 0 Å². The van der Waals surface area contributed by atoms with Gasteiger partial charge in [-0.15, -0.1) is 0 Å². The van der Waals surface area contributed by atoms with Crippen molar-refractivity contribution < 1.29 is 5.11 Å². The lowest BCUT2D eigenvalue weighted by atomic mass is 10.3. The molecular formula is C8H9N3O. The lowest BCUT2D eigenvalue weighted by Crippen LogP contribution is -1.95. The van der Waals surface area contributed by atoms with Crippen LogP contribution in [0.2, 0.25) is 0 Å². The van der Waals surface area contributed by atoms with Crippen LogP contribution in [-0.2, 0) is 6.61 Å². The Bertz CT molecular complexity index is 333. The Morgan fingerprint density at radius 3 is 2.92 bits per heavy atom. The molecule has 1 fully saturated rings. The summed E-state index contributed by atoms with van der Waals surface area (Å²) >= 11 is 0. The number of nitrogens with zero attached hydrogens (tertiary/aromatic N) is 3. The molecule has 1 heterocycles. The Morgan fingerprint density at radius 2 is 2.50 bits per heavy atom. The third-order valence-electron chi connectivity index (χ3n) is 2.00. The predicted molar refractivity (Wildman–Crippen MR) is 41.1 cm³/mol. The molecule has 0 unspecified atom stereocenters. The van der Waals surface area contributed by atoms with Gasteiger partial charge in [-0.2, -0.15) is 10.4 Å². The first-order valence-electron chi connectivity index (χ1n) is 3.94. The van der Waals surface area contributed by atoms with Crippen LogP contribution in [0.5, 0.6) is 0 Å². The van der Waals surface area contributed by atoms with Gasteiger partial charge in [-0.25, -0.2) is 0 Å². The molecule has 12 heavy (non-hydrogen) atoms. The van der Waals surface area contributed by atoms with Crippen LogP contribution < -0.4 is 0 Å². The zero-order valence-electron chi connectivity index (χ0n) is 6.56. The van der Waals surface area contributed by atoms with Gasteiger partial charge in [0, 0.05) is 6.20 Å². The first kappa shape index (κ1) is 7.32. The Hall–Kier alpha value is -1.34. The van der Waals surface area contributed by atoms with Gasteiger partial charge in [-0.05, 0) is 12.8 Å². The molecule has 0 bridgehead atoms. The van der Waals surface area contributed by atoms with Crippen LogP contribution >= 0.6 is 0 Å². The van der Waals surface area contributed by atoms with Crippen molar-refractivity contribution in [2.45, 2.75) is 25.5 Å². The number of aliphatic hydroxyl groups is 1. The zero-order valence-corrected chi connectivity index (χ0v) is 6.56. The number of aliphatic hydroxyl groups excluding tert-OH is 1. The van der Waals surface area contributed by atoms with E-state index in [1.54, 1.807) is 10.9 Å². The maximum absolute atomic E-state index is 8.84. The molecule has 0 radical (unpaired) electrons. The van der Waals surface area contributed by atoms with Crippen molar-refractivity contribution in [2.75, 3.05) is 0 Å². The first-order chi connectivity index (χ1) is 5.85. The third-order valence-corrected chi connectivity index (χ3v) is 2.00. The summed E-state index contributed by atoms with van der Waals surface area (Å²) in [6.07, 6.45) is 3.98. The fourth-order valence-electron chi connectivity index (χ4n) is 1.17. The normalized spacial score (nSPS) is 16.0. The predicted octanol–water partition coefficient (Wildman–Crippen LogP) is 0.582. The molecule has 0 saturated heterocycles. The van der Waals surface area contributed by atoms with Crippen molar-refractivity contribution in [3.8, 4) is 6.07 Å². The molecule has 0 aliphatic heterocycles. The number of nitriles is 1. The molecule has 1 aliphatic carbocycles. The van der Waals surface area contributed by atoms with Crippen molar-refractivity contribution >= 4 is 0 Å². The van der Waals surface area contributed by atoms with Crippen molar-refractivity contribution in [1.82, 2.24) is 9.78 Å². The van der Waals surface area contributed by atoms with Crippen molar-refractivity contribution in [3.05, 3.63) is 17.5 Å². The maximum atomic E-state index is 8.84. The minimum absolute atomic E-state index is 0.150. The molecule has 62 valence electrons. The number of rotatable bonds is 2. The van der Waals surface area contributed by atoms with Crippen LogP contribution in [0.1, 0.15) is 30.1 Å². The van der Waals surface area contributed by atoms with Crippen molar-refractivity contribution in [1.29, 1.82) is 5.26 Å². The van der Waals surface area contributed by atoms with Gasteiger partial charge in [-0.3, -0.25) is 4.68 Å². The van der Waals surface area contributed by atoms with Crippen LogP contribution in [0.25, 0.3) is 0 Å². The van der Waals surface area contributed by atoms with E-state index < -0.39 is 0 Å². The largest absolute Gasteiger partial charge is 0.390 e. The van der Waals surface area contributed by atoms with Crippen molar-refractivity contribution in [2.24, 2.45) is 0 Å². The average Bonchev–Trinajstić information content (AvgIpc) is 2.85. The van der Waals surface area contributed by atoms with E-state index in [0.717, 1.165) is 12.8 Å². The molecule has 1 aromatic rings. The standard InChI is InChI=1S/C8H9N3O/c9-3-6-4-11(7-1-2-7)10-8(6)5-12/h4,7,12H,1-2,5H2. The van der Waals surface area contributed by atoms with Crippen LogP contribution in [0.15, 0.2) is 6.20 Å². The third kappa shape index (κ3) is 1.08. The molecule has 2 rings (SSSR count). The molecular weight excluding hydrogens is 154 g/mol. The second-order valence-corrected chi connectivity index (χ2v) is 2.97. The summed E-state index contributed by atoms with van der Waals surface area (Å²) in [6.45, 7) is -0.150. The van der Waals surface area contributed by atoms with Crippen LogP contribution in [0.3, 0.4) is 0 Å². The minimum atomic E-state index is -0.150. The van der Waals surface area contributed by atoms with E-state index in [9.17, 15) is 0 Å². The summed E-state index contributed by atoms with van der Waals surface area (Å²) in [4.78, 5) is 0. The Kier molecular flexibility index (Phi) is 1.59. The monoisotopic (exact) mass is 163 g/mol. The molecule has 0 aromatic carbocycles. The molecule has 0 amide bonds. The summed E-state index contributed by atoms with van der Waals surface area (Å²) in [5.41, 5.74) is 0.980. The second kappa shape index (κ2) is 2.61. The van der Waals surface area contributed by atoms with Gasteiger partial charge in [-0.1, -0.05) is 0 Å². The Morgan fingerprint density at radius 1 is 1.75 bits per heavy atom. The van der Waals surface area contributed by atoms with Gasteiger partial charge < -0.3 is 5.11 Å². The highest BCUT2D eigenvalue weighted by molar-refractivity contribution is 5.30. The van der Waals surface area contributed by atoms with Gasteiger partial charge in [0.15, 0.2) is 0 Å². The Balaban J connectivity index is 2.35. The summed E-state index contributed by atoms with van der Waals surface area (Å²) < 4.78 is 1.78. The van der Waals surface area contributed by atoms with E-state index in [0.29, 0.717) is 17.3 Å².